The van der Waals surface area contributed by atoms with Crippen LogP contribution in [-0.4, -0.2) is 39.0 Å². The number of hydrogen-bond donors (Lipinski definition) is 1. The van der Waals surface area contributed by atoms with Crippen molar-refractivity contribution in [3.63, 3.8) is 0 Å². The molecule has 1 heterocycles. The lowest BCUT2D eigenvalue weighted by Gasteiger charge is -2.25. The molecule has 1 N–H and O–H groups in total. The molecular formula is C12H18N2O3. The second kappa shape index (κ2) is 5.52. The van der Waals surface area contributed by atoms with Gasteiger partial charge in [0.15, 0.2) is 0 Å². The number of carboxylic acid groups (broad SMARTS) is 1. The second-order valence-electron chi connectivity index (χ2n) is 4.10. The number of carboxylic acids is 1. The molecule has 0 aliphatic carbocycles. The zero-order valence-corrected chi connectivity index (χ0v) is 10.4. The van der Waals surface area contributed by atoms with Gasteiger partial charge in [-0.3, -0.25) is 4.79 Å². The Balaban J connectivity index is 2.80. The summed E-state index contributed by atoms with van der Waals surface area (Å²) in [4.78, 5) is 24.6. The molecule has 94 valence electrons. The fourth-order valence-corrected chi connectivity index (χ4v) is 1.81. The molecule has 0 bridgehead atoms. The van der Waals surface area contributed by atoms with Gasteiger partial charge in [-0.05, 0) is 32.9 Å². The minimum atomic E-state index is -1.02. The van der Waals surface area contributed by atoms with Crippen LogP contribution in [0, 0.1) is 0 Å². The van der Waals surface area contributed by atoms with Gasteiger partial charge in [0.1, 0.15) is 12.2 Å². The molecule has 1 aromatic heterocycles. The highest BCUT2D eigenvalue weighted by Crippen LogP contribution is 2.05. The number of amides is 1. The topological polar surface area (TPSA) is 62.5 Å². The monoisotopic (exact) mass is 238 g/mol. The van der Waals surface area contributed by atoms with E-state index < -0.39 is 5.97 Å². The maximum atomic E-state index is 12.0. The van der Waals surface area contributed by atoms with Crippen LogP contribution in [0.15, 0.2) is 18.3 Å². The third-order valence-corrected chi connectivity index (χ3v) is 2.64. The molecule has 0 fully saturated rings. The number of aromatic nitrogens is 1. The minimum absolute atomic E-state index is 0.0683. The van der Waals surface area contributed by atoms with Crippen LogP contribution in [0.25, 0.3) is 0 Å². The number of likely N-dealkylation sites (N-methyl/N-ethyl adjacent to an activating group) is 1. The smallest absolute Gasteiger partial charge is 0.352 e. The van der Waals surface area contributed by atoms with Crippen molar-refractivity contribution in [3.05, 3.63) is 24.0 Å². The van der Waals surface area contributed by atoms with E-state index in [1.165, 1.54) is 10.6 Å². The van der Waals surface area contributed by atoms with E-state index in [9.17, 15) is 9.59 Å². The molecule has 0 spiro atoms. The number of hydrogen-bond acceptors (Lipinski definition) is 2. The van der Waals surface area contributed by atoms with Crippen LogP contribution in [0.5, 0.6) is 0 Å². The summed E-state index contributed by atoms with van der Waals surface area (Å²) in [5.74, 6) is -1.09. The largest absolute Gasteiger partial charge is 0.477 e. The molecule has 0 radical (unpaired) electrons. The molecule has 0 saturated heterocycles. The lowest BCUT2D eigenvalue weighted by atomic mass is 10.3. The first-order valence-electron chi connectivity index (χ1n) is 5.65. The molecule has 5 heteroatoms. The number of carbonyl (C=O) groups is 2. The molecule has 0 unspecified atom stereocenters. The highest BCUT2D eigenvalue weighted by Gasteiger charge is 2.17. The van der Waals surface area contributed by atoms with Crippen LogP contribution in [0.1, 0.15) is 31.3 Å². The van der Waals surface area contributed by atoms with Crippen molar-refractivity contribution in [1.29, 1.82) is 0 Å². The average molecular weight is 238 g/mol. The van der Waals surface area contributed by atoms with E-state index in [2.05, 4.69) is 0 Å². The van der Waals surface area contributed by atoms with Crippen LogP contribution < -0.4 is 0 Å². The SMILES string of the molecule is CCN(C(=O)Cn1cccc1C(=O)O)C(C)C. The summed E-state index contributed by atoms with van der Waals surface area (Å²) in [5.41, 5.74) is 0.137. The summed E-state index contributed by atoms with van der Waals surface area (Å²) in [6, 6.07) is 3.24. The Hall–Kier alpha value is -1.78. The Morgan fingerprint density at radius 1 is 1.47 bits per heavy atom. The van der Waals surface area contributed by atoms with E-state index in [0.717, 1.165) is 0 Å². The molecule has 5 nitrogen and oxygen atoms in total. The van der Waals surface area contributed by atoms with Gasteiger partial charge in [0.2, 0.25) is 5.91 Å². The Morgan fingerprint density at radius 3 is 2.59 bits per heavy atom. The van der Waals surface area contributed by atoms with Gasteiger partial charge in [-0.25, -0.2) is 4.79 Å². The predicted octanol–water partition coefficient (Wildman–Crippen LogP) is 1.44. The van der Waals surface area contributed by atoms with Gasteiger partial charge in [-0.2, -0.15) is 0 Å². The van der Waals surface area contributed by atoms with Crippen molar-refractivity contribution in [3.8, 4) is 0 Å². The molecule has 1 amide bonds. The van der Waals surface area contributed by atoms with Crippen LogP contribution in [0.3, 0.4) is 0 Å². The fourth-order valence-electron chi connectivity index (χ4n) is 1.81. The number of aromatic carboxylic acids is 1. The summed E-state index contributed by atoms with van der Waals surface area (Å²) in [7, 11) is 0. The van der Waals surface area contributed by atoms with Crippen LogP contribution >= 0.6 is 0 Å². The summed E-state index contributed by atoms with van der Waals surface area (Å²) in [6.45, 7) is 6.48. The molecule has 1 aromatic rings. The first-order chi connectivity index (χ1) is 7.97. The summed E-state index contributed by atoms with van der Waals surface area (Å²) >= 11 is 0. The highest BCUT2D eigenvalue weighted by atomic mass is 16.4. The summed E-state index contributed by atoms with van der Waals surface area (Å²) < 4.78 is 1.45. The van der Waals surface area contributed by atoms with Gasteiger partial charge < -0.3 is 14.6 Å². The molecule has 0 saturated carbocycles. The normalized spacial score (nSPS) is 10.6. The molecular weight excluding hydrogens is 220 g/mol. The highest BCUT2D eigenvalue weighted by molar-refractivity contribution is 5.86. The maximum Gasteiger partial charge on any atom is 0.352 e. The second-order valence-corrected chi connectivity index (χ2v) is 4.10. The average Bonchev–Trinajstić information content (AvgIpc) is 2.66. The molecule has 0 atom stereocenters. The maximum absolute atomic E-state index is 12.0. The number of carbonyl (C=O) groups excluding carboxylic acids is 1. The van der Waals surface area contributed by atoms with Crippen molar-refractivity contribution >= 4 is 11.9 Å². The van der Waals surface area contributed by atoms with E-state index in [-0.39, 0.29) is 24.2 Å². The van der Waals surface area contributed by atoms with Gasteiger partial charge in [-0.15, -0.1) is 0 Å². The molecule has 17 heavy (non-hydrogen) atoms. The number of rotatable bonds is 5. The predicted molar refractivity (Wildman–Crippen MR) is 63.9 cm³/mol. The zero-order chi connectivity index (χ0) is 13.0. The lowest BCUT2D eigenvalue weighted by molar-refractivity contribution is -0.133. The Morgan fingerprint density at radius 2 is 2.12 bits per heavy atom. The van der Waals surface area contributed by atoms with Gasteiger partial charge in [-0.1, -0.05) is 0 Å². The van der Waals surface area contributed by atoms with Gasteiger partial charge in [0.25, 0.3) is 0 Å². The van der Waals surface area contributed by atoms with Crippen LogP contribution in [0.2, 0.25) is 0 Å². The first-order valence-corrected chi connectivity index (χ1v) is 5.65. The first kappa shape index (κ1) is 13.3. The van der Waals surface area contributed by atoms with Gasteiger partial charge in [0, 0.05) is 18.8 Å². The summed E-state index contributed by atoms with van der Waals surface area (Å²) in [6.07, 6.45) is 1.61. The Kier molecular flexibility index (Phi) is 4.31. The molecule has 0 aliphatic heterocycles. The fraction of sp³-hybridized carbons (Fsp3) is 0.500. The minimum Gasteiger partial charge on any atom is -0.477 e. The van der Waals surface area contributed by atoms with Crippen molar-refractivity contribution in [2.75, 3.05) is 6.54 Å². The molecule has 0 aliphatic rings. The quantitative estimate of drug-likeness (QED) is 0.844. The molecule has 1 rings (SSSR count). The van der Waals surface area contributed by atoms with Crippen LogP contribution in [-0.2, 0) is 11.3 Å². The third kappa shape index (κ3) is 3.09. The Bertz CT molecular complexity index is 410. The van der Waals surface area contributed by atoms with E-state index in [1.807, 2.05) is 20.8 Å². The van der Waals surface area contributed by atoms with E-state index in [1.54, 1.807) is 17.2 Å². The zero-order valence-electron chi connectivity index (χ0n) is 10.4. The van der Waals surface area contributed by atoms with Gasteiger partial charge >= 0.3 is 5.97 Å². The van der Waals surface area contributed by atoms with Crippen molar-refractivity contribution in [1.82, 2.24) is 9.47 Å². The van der Waals surface area contributed by atoms with Crippen molar-refractivity contribution in [2.45, 2.75) is 33.4 Å². The van der Waals surface area contributed by atoms with Crippen molar-refractivity contribution in [2.24, 2.45) is 0 Å². The molecule has 0 aromatic carbocycles. The van der Waals surface area contributed by atoms with Crippen molar-refractivity contribution < 1.29 is 14.7 Å². The standard InChI is InChI=1S/C12H18N2O3/c1-4-14(9(2)3)11(15)8-13-7-5-6-10(13)12(16)17/h5-7,9H,4,8H2,1-3H3,(H,16,17). The van der Waals surface area contributed by atoms with Crippen LogP contribution in [0.4, 0.5) is 0 Å². The number of nitrogens with zero attached hydrogens (tertiary/aromatic N) is 2. The van der Waals surface area contributed by atoms with E-state index >= 15 is 0 Å². The third-order valence-electron chi connectivity index (χ3n) is 2.64. The summed E-state index contributed by atoms with van der Waals surface area (Å²) in [5, 5.41) is 8.93. The lowest BCUT2D eigenvalue weighted by Crippen LogP contribution is -2.39. The van der Waals surface area contributed by atoms with Gasteiger partial charge in [0.05, 0.1) is 0 Å². The van der Waals surface area contributed by atoms with E-state index in [4.69, 9.17) is 5.11 Å². The van der Waals surface area contributed by atoms with E-state index in [0.29, 0.717) is 6.54 Å². The Labute approximate surface area is 101 Å².